The van der Waals surface area contributed by atoms with E-state index in [4.69, 9.17) is 10.1 Å². The lowest BCUT2D eigenvalue weighted by Gasteiger charge is -2.31. The van der Waals surface area contributed by atoms with Crippen LogP contribution in [0.2, 0.25) is 0 Å². The zero-order chi connectivity index (χ0) is 22.6. The molecule has 0 bridgehead atoms. The van der Waals surface area contributed by atoms with Crippen LogP contribution in [0, 0.1) is 0 Å². The van der Waals surface area contributed by atoms with Gasteiger partial charge in [0, 0.05) is 42.6 Å². The highest BCUT2D eigenvalue weighted by atomic mass is 16.3. The Kier molecular flexibility index (Phi) is 6.28. The van der Waals surface area contributed by atoms with Crippen molar-refractivity contribution < 1.29 is 9.90 Å². The van der Waals surface area contributed by atoms with Gasteiger partial charge in [-0.05, 0) is 67.2 Å². The van der Waals surface area contributed by atoms with Crippen LogP contribution in [0.1, 0.15) is 45.9 Å². The number of aliphatic hydroxyl groups is 1. The van der Waals surface area contributed by atoms with Crippen LogP contribution in [0.3, 0.4) is 0 Å². The molecule has 1 aliphatic heterocycles. The van der Waals surface area contributed by atoms with E-state index < -0.39 is 6.61 Å². The van der Waals surface area contributed by atoms with Gasteiger partial charge in [0.1, 0.15) is 12.3 Å². The van der Waals surface area contributed by atoms with Crippen molar-refractivity contribution in [2.24, 2.45) is 0 Å². The topological polar surface area (TPSA) is 71.2 Å². The molecule has 1 N–H and O–H groups in total. The number of piperidine rings is 1. The van der Waals surface area contributed by atoms with Crippen LogP contribution in [0.15, 0.2) is 73.2 Å². The standard InChI is InChI=1S/C27H28N4O2/c32-19-26(33)22-6-4-20(5-7-22)17-31-14-10-23-15-24(16-29-27(23)31)21-8-12-30(13-9-21)18-25-3-1-2-11-28-25/h1-7,10-11,14-16,21,32H,8-9,12-13,17-19H2. The smallest absolute Gasteiger partial charge is 0.188 e. The zero-order valence-electron chi connectivity index (χ0n) is 18.6. The first-order chi connectivity index (χ1) is 16.2. The number of likely N-dealkylation sites (tertiary alicyclic amines) is 1. The minimum Gasteiger partial charge on any atom is -0.388 e. The lowest BCUT2D eigenvalue weighted by atomic mass is 9.90. The van der Waals surface area contributed by atoms with Gasteiger partial charge in [-0.1, -0.05) is 30.3 Å². The number of rotatable bonds is 7. The molecule has 0 spiro atoms. The second-order valence-electron chi connectivity index (χ2n) is 8.77. The van der Waals surface area contributed by atoms with Crippen LogP contribution in [-0.2, 0) is 13.1 Å². The molecule has 0 saturated carbocycles. The molecule has 3 aromatic heterocycles. The van der Waals surface area contributed by atoms with E-state index >= 15 is 0 Å². The third-order valence-corrected chi connectivity index (χ3v) is 6.57. The number of pyridine rings is 2. The summed E-state index contributed by atoms with van der Waals surface area (Å²) in [5.74, 6) is 0.284. The van der Waals surface area contributed by atoms with Crippen molar-refractivity contribution in [1.82, 2.24) is 19.4 Å². The number of benzene rings is 1. The third kappa shape index (κ3) is 4.87. The first-order valence-corrected chi connectivity index (χ1v) is 11.5. The number of carbonyl (C=O) groups excluding carboxylic acids is 1. The van der Waals surface area contributed by atoms with Crippen molar-refractivity contribution in [1.29, 1.82) is 0 Å². The molecule has 0 aliphatic carbocycles. The number of Topliss-reactive ketones (excluding diaryl/α,β-unsaturated/α-hetero) is 1. The molecule has 33 heavy (non-hydrogen) atoms. The number of hydrogen-bond donors (Lipinski definition) is 1. The summed E-state index contributed by atoms with van der Waals surface area (Å²) in [6.45, 7) is 3.30. The first-order valence-electron chi connectivity index (χ1n) is 11.5. The van der Waals surface area contributed by atoms with Crippen molar-refractivity contribution in [2.75, 3.05) is 19.7 Å². The van der Waals surface area contributed by atoms with Crippen molar-refractivity contribution in [3.63, 3.8) is 0 Å². The second-order valence-corrected chi connectivity index (χ2v) is 8.77. The quantitative estimate of drug-likeness (QED) is 0.439. The fraction of sp³-hybridized carbons (Fsp3) is 0.296. The molecule has 0 unspecified atom stereocenters. The fourth-order valence-corrected chi connectivity index (χ4v) is 4.68. The van der Waals surface area contributed by atoms with E-state index in [1.807, 2.05) is 30.6 Å². The number of aromatic nitrogens is 3. The molecule has 1 fully saturated rings. The molecule has 1 saturated heterocycles. The van der Waals surface area contributed by atoms with E-state index in [-0.39, 0.29) is 5.78 Å². The van der Waals surface area contributed by atoms with E-state index in [2.05, 4.69) is 44.9 Å². The lowest BCUT2D eigenvalue weighted by Crippen LogP contribution is -2.32. The second kappa shape index (κ2) is 9.65. The number of fused-ring (bicyclic) bond motifs is 1. The van der Waals surface area contributed by atoms with Crippen LogP contribution in [-0.4, -0.2) is 50.0 Å². The van der Waals surface area contributed by atoms with Gasteiger partial charge < -0.3 is 9.67 Å². The molecule has 1 aromatic carbocycles. The van der Waals surface area contributed by atoms with Gasteiger partial charge >= 0.3 is 0 Å². The van der Waals surface area contributed by atoms with Crippen LogP contribution < -0.4 is 0 Å². The molecular formula is C27H28N4O2. The highest BCUT2D eigenvalue weighted by Gasteiger charge is 2.21. The minimum absolute atomic E-state index is 0.260. The van der Waals surface area contributed by atoms with Gasteiger partial charge in [-0.2, -0.15) is 0 Å². The summed E-state index contributed by atoms with van der Waals surface area (Å²) < 4.78 is 2.14. The highest BCUT2D eigenvalue weighted by molar-refractivity contribution is 5.96. The minimum atomic E-state index is -0.461. The van der Waals surface area contributed by atoms with Crippen molar-refractivity contribution in [2.45, 2.75) is 31.8 Å². The average molecular weight is 441 g/mol. The van der Waals surface area contributed by atoms with Gasteiger partial charge in [0.25, 0.3) is 0 Å². The summed E-state index contributed by atoms with van der Waals surface area (Å²) in [7, 11) is 0. The highest BCUT2D eigenvalue weighted by Crippen LogP contribution is 2.30. The normalized spacial score (nSPS) is 15.2. The molecule has 4 heterocycles. The Hall–Kier alpha value is -3.35. The number of carbonyl (C=O) groups is 1. The molecule has 4 aromatic rings. The van der Waals surface area contributed by atoms with E-state index in [0.717, 1.165) is 54.8 Å². The predicted octanol–water partition coefficient (Wildman–Crippen LogP) is 4.03. The summed E-state index contributed by atoms with van der Waals surface area (Å²) >= 11 is 0. The van der Waals surface area contributed by atoms with Gasteiger partial charge in [-0.15, -0.1) is 0 Å². The molecule has 168 valence electrons. The average Bonchev–Trinajstić information content (AvgIpc) is 3.27. The van der Waals surface area contributed by atoms with E-state index in [1.165, 1.54) is 5.56 Å². The number of ketones is 1. The van der Waals surface area contributed by atoms with Crippen molar-refractivity contribution in [3.05, 3.63) is 95.6 Å². The number of aliphatic hydroxyl groups excluding tert-OH is 1. The van der Waals surface area contributed by atoms with Crippen molar-refractivity contribution in [3.8, 4) is 0 Å². The summed E-state index contributed by atoms with van der Waals surface area (Å²) in [5, 5.41) is 10.2. The van der Waals surface area contributed by atoms with E-state index in [1.54, 1.807) is 12.1 Å². The van der Waals surface area contributed by atoms with Gasteiger partial charge in [-0.25, -0.2) is 4.98 Å². The fourth-order valence-electron chi connectivity index (χ4n) is 4.68. The SMILES string of the molecule is O=C(CO)c1ccc(Cn2ccc3cc(C4CCN(Cc5ccccn5)CC4)cnc32)cc1. The third-order valence-electron chi connectivity index (χ3n) is 6.57. The lowest BCUT2D eigenvalue weighted by molar-refractivity contribution is 0.0903. The maximum Gasteiger partial charge on any atom is 0.188 e. The molecule has 0 radical (unpaired) electrons. The Balaban J connectivity index is 1.23. The van der Waals surface area contributed by atoms with Gasteiger partial charge in [0.05, 0.1) is 5.69 Å². The monoisotopic (exact) mass is 440 g/mol. The maximum absolute atomic E-state index is 11.6. The van der Waals surface area contributed by atoms with Crippen LogP contribution in [0.25, 0.3) is 11.0 Å². The molecule has 0 amide bonds. The predicted molar refractivity (Wildman–Crippen MR) is 128 cm³/mol. The Morgan fingerprint density at radius 3 is 2.55 bits per heavy atom. The van der Waals surface area contributed by atoms with Crippen LogP contribution >= 0.6 is 0 Å². The Morgan fingerprint density at radius 1 is 1.00 bits per heavy atom. The summed E-state index contributed by atoms with van der Waals surface area (Å²) in [4.78, 5) is 23.4. The zero-order valence-corrected chi connectivity index (χ0v) is 18.6. The van der Waals surface area contributed by atoms with E-state index in [0.29, 0.717) is 18.0 Å². The molecule has 6 heteroatoms. The summed E-state index contributed by atoms with van der Waals surface area (Å²) in [6.07, 6.45) is 8.26. The van der Waals surface area contributed by atoms with Gasteiger partial charge in [0.2, 0.25) is 0 Å². The largest absolute Gasteiger partial charge is 0.388 e. The molecule has 5 rings (SSSR count). The van der Waals surface area contributed by atoms with Crippen molar-refractivity contribution >= 4 is 16.8 Å². The Bertz CT molecular complexity index is 1230. The molecule has 1 aliphatic rings. The molecule has 6 nitrogen and oxygen atoms in total. The molecule has 0 atom stereocenters. The first kappa shape index (κ1) is 21.5. The van der Waals surface area contributed by atoms with E-state index in [9.17, 15) is 4.79 Å². The van der Waals surface area contributed by atoms with Gasteiger partial charge in [0.15, 0.2) is 5.78 Å². The Labute approximate surface area is 193 Å². The summed E-state index contributed by atoms with van der Waals surface area (Å²) in [5.41, 5.74) is 5.06. The number of nitrogens with zero attached hydrogens (tertiary/aromatic N) is 4. The summed E-state index contributed by atoms with van der Waals surface area (Å²) in [6, 6.07) is 17.9. The van der Waals surface area contributed by atoms with Gasteiger partial charge in [-0.3, -0.25) is 14.7 Å². The van der Waals surface area contributed by atoms with Crippen LogP contribution in [0.4, 0.5) is 0 Å². The maximum atomic E-state index is 11.6. The Morgan fingerprint density at radius 2 is 1.82 bits per heavy atom. The molecular weight excluding hydrogens is 412 g/mol. The van der Waals surface area contributed by atoms with Crippen LogP contribution in [0.5, 0.6) is 0 Å². The number of hydrogen-bond acceptors (Lipinski definition) is 5.